The molecule has 0 radical (unpaired) electrons. The number of imidazole rings is 1. The van der Waals surface area contributed by atoms with Crippen molar-refractivity contribution in [3.8, 4) is 11.4 Å². The molecule has 0 aliphatic carbocycles. The first-order valence-corrected chi connectivity index (χ1v) is 9.51. The van der Waals surface area contributed by atoms with Gasteiger partial charge in [-0.15, -0.1) is 11.3 Å². The summed E-state index contributed by atoms with van der Waals surface area (Å²) in [6.45, 7) is 0.445. The zero-order chi connectivity index (χ0) is 18.4. The van der Waals surface area contributed by atoms with E-state index in [0.717, 1.165) is 33.3 Å². The lowest BCUT2D eigenvalue weighted by Gasteiger charge is -2.20. The van der Waals surface area contributed by atoms with Gasteiger partial charge in [-0.05, 0) is 29.8 Å². The van der Waals surface area contributed by atoms with Crippen LogP contribution in [0.3, 0.4) is 0 Å². The molecule has 1 N–H and O–H groups in total. The number of nitrogens with zero attached hydrogens (tertiary/aromatic N) is 4. The first-order valence-electron chi connectivity index (χ1n) is 8.63. The molecule has 0 spiro atoms. The number of carbonyl (C=O) groups excluding carboxylic acids is 1. The highest BCUT2D eigenvalue weighted by molar-refractivity contribution is 7.15. The molecular formula is C19H17N5O2S. The van der Waals surface area contributed by atoms with Crippen molar-refractivity contribution in [3.05, 3.63) is 65.2 Å². The van der Waals surface area contributed by atoms with Crippen LogP contribution >= 0.6 is 11.3 Å². The van der Waals surface area contributed by atoms with Crippen LogP contribution in [0.25, 0.3) is 10.6 Å². The topological polar surface area (TPSA) is 73.5 Å². The van der Waals surface area contributed by atoms with Gasteiger partial charge in [0.1, 0.15) is 5.75 Å². The Bertz CT molecular complexity index is 1130. The molecule has 3 aromatic heterocycles. The average molecular weight is 379 g/mol. The van der Waals surface area contributed by atoms with Crippen LogP contribution in [0.4, 0.5) is 0 Å². The highest BCUT2D eigenvalue weighted by Gasteiger charge is 2.31. The monoisotopic (exact) mass is 379 g/mol. The number of aromatic nitrogens is 4. The van der Waals surface area contributed by atoms with E-state index >= 15 is 0 Å². The van der Waals surface area contributed by atoms with E-state index in [9.17, 15) is 4.79 Å². The number of methoxy groups -OCH3 is 1. The lowest BCUT2D eigenvalue weighted by molar-refractivity contribution is -0.121. The fourth-order valence-electron chi connectivity index (χ4n) is 3.70. The van der Waals surface area contributed by atoms with E-state index in [4.69, 9.17) is 9.72 Å². The maximum Gasteiger partial charge on any atom is 0.221 e. The highest BCUT2D eigenvalue weighted by Crippen LogP contribution is 2.38. The summed E-state index contributed by atoms with van der Waals surface area (Å²) in [5.74, 6) is 0.607. The highest BCUT2D eigenvalue weighted by atomic mass is 32.1. The Hall–Kier alpha value is -3.13. The van der Waals surface area contributed by atoms with Gasteiger partial charge in [-0.2, -0.15) is 5.10 Å². The molecule has 136 valence electrons. The quantitative estimate of drug-likeness (QED) is 0.594. The second-order valence-corrected chi connectivity index (χ2v) is 7.28. The fraction of sp³-hybridized carbons (Fsp3) is 0.211. The molecule has 1 aromatic carbocycles. The minimum atomic E-state index is -0.151. The third-order valence-corrected chi connectivity index (χ3v) is 5.67. The minimum absolute atomic E-state index is 0.0104. The summed E-state index contributed by atoms with van der Waals surface area (Å²) in [6, 6.07) is 7.77. The predicted octanol–water partition coefficient (Wildman–Crippen LogP) is 2.74. The van der Waals surface area contributed by atoms with Crippen molar-refractivity contribution < 1.29 is 9.53 Å². The van der Waals surface area contributed by atoms with Crippen LogP contribution in [0.5, 0.6) is 5.75 Å². The number of benzene rings is 1. The number of hydrogen-bond donors (Lipinski definition) is 1. The van der Waals surface area contributed by atoms with Crippen molar-refractivity contribution in [1.29, 1.82) is 0 Å². The maximum absolute atomic E-state index is 12.5. The Morgan fingerprint density at radius 2 is 2.26 bits per heavy atom. The molecule has 8 heteroatoms. The smallest absolute Gasteiger partial charge is 0.221 e. The molecule has 1 aliphatic heterocycles. The average Bonchev–Trinajstić information content (AvgIpc) is 3.40. The van der Waals surface area contributed by atoms with Gasteiger partial charge < -0.3 is 10.1 Å². The molecule has 0 saturated carbocycles. The molecule has 0 unspecified atom stereocenters. The van der Waals surface area contributed by atoms with E-state index in [1.54, 1.807) is 24.6 Å². The van der Waals surface area contributed by atoms with Gasteiger partial charge in [0, 0.05) is 36.3 Å². The molecule has 0 bridgehead atoms. The van der Waals surface area contributed by atoms with Crippen LogP contribution in [0.1, 0.15) is 29.3 Å². The molecule has 7 nitrogen and oxygen atoms in total. The Balaban J connectivity index is 1.77. The maximum atomic E-state index is 12.5. The Kier molecular flexibility index (Phi) is 3.71. The molecule has 1 amide bonds. The Morgan fingerprint density at radius 3 is 3.07 bits per heavy atom. The van der Waals surface area contributed by atoms with E-state index in [0.29, 0.717) is 13.0 Å². The summed E-state index contributed by atoms with van der Waals surface area (Å²) in [4.78, 5) is 18.1. The zero-order valence-electron chi connectivity index (χ0n) is 14.6. The second-order valence-electron chi connectivity index (χ2n) is 6.41. The summed E-state index contributed by atoms with van der Waals surface area (Å²) >= 11 is 1.59. The first kappa shape index (κ1) is 16.1. The van der Waals surface area contributed by atoms with Gasteiger partial charge in [-0.3, -0.25) is 9.20 Å². The third-order valence-electron chi connectivity index (χ3n) is 4.91. The van der Waals surface area contributed by atoms with Crippen molar-refractivity contribution in [2.75, 3.05) is 7.11 Å². The molecule has 1 atom stereocenters. The summed E-state index contributed by atoms with van der Waals surface area (Å²) in [7, 11) is 1.65. The second kappa shape index (κ2) is 6.24. The van der Waals surface area contributed by atoms with Crippen LogP contribution in [-0.4, -0.2) is 32.2 Å². The standard InChI is InChI=1S/C19H17N5O2S/c1-26-12-3-4-16(24-6-2-5-21-24)13(9-12)14-10-17(25)20-11-15-18(14)23-7-8-27-19(23)22-15/h2-9,14H,10-11H2,1H3,(H,20,25)/t14-/m1/s1. The molecule has 4 heterocycles. The van der Waals surface area contributed by atoms with E-state index in [-0.39, 0.29) is 11.8 Å². The third kappa shape index (κ3) is 2.60. The van der Waals surface area contributed by atoms with Gasteiger partial charge in [0.15, 0.2) is 4.96 Å². The van der Waals surface area contributed by atoms with Crippen molar-refractivity contribution in [3.63, 3.8) is 0 Å². The Morgan fingerprint density at radius 1 is 1.33 bits per heavy atom. The van der Waals surface area contributed by atoms with Gasteiger partial charge in [-0.1, -0.05) is 0 Å². The number of amides is 1. The van der Waals surface area contributed by atoms with Crippen LogP contribution in [0.2, 0.25) is 0 Å². The van der Waals surface area contributed by atoms with Crippen molar-refractivity contribution in [2.45, 2.75) is 18.9 Å². The summed E-state index contributed by atoms with van der Waals surface area (Å²) < 4.78 is 9.38. The normalized spacial score (nSPS) is 16.8. The summed E-state index contributed by atoms with van der Waals surface area (Å²) in [5.41, 5.74) is 3.87. The molecule has 27 heavy (non-hydrogen) atoms. The molecule has 5 rings (SSSR count). The molecule has 0 saturated heterocycles. The first-order chi connectivity index (χ1) is 13.2. The largest absolute Gasteiger partial charge is 0.497 e. The molecule has 0 fully saturated rings. The van der Waals surface area contributed by atoms with Gasteiger partial charge in [0.25, 0.3) is 0 Å². The van der Waals surface area contributed by atoms with Gasteiger partial charge >= 0.3 is 0 Å². The van der Waals surface area contributed by atoms with Crippen LogP contribution in [0.15, 0.2) is 48.2 Å². The van der Waals surface area contributed by atoms with E-state index < -0.39 is 0 Å². The number of ether oxygens (including phenoxy) is 1. The lowest BCUT2D eigenvalue weighted by Crippen LogP contribution is -2.22. The van der Waals surface area contributed by atoms with Gasteiger partial charge in [0.05, 0.1) is 30.7 Å². The predicted molar refractivity (Wildman–Crippen MR) is 101 cm³/mol. The number of carbonyl (C=O) groups is 1. The fourth-order valence-corrected chi connectivity index (χ4v) is 4.44. The van der Waals surface area contributed by atoms with E-state index in [1.807, 2.05) is 46.7 Å². The number of nitrogens with one attached hydrogen (secondary N) is 1. The van der Waals surface area contributed by atoms with Crippen LogP contribution < -0.4 is 10.1 Å². The van der Waals surface area contributed by atoms with Crippen molar-refractivity contribution in [1.82, 2.24) is 24.5 Å². The van der Waals surface area contributed by atoms with Crippen molar-refractivity contribution in [2.24, 2.45) is 0 Å². The zero-order valence-corrected chi connectivity index (χ0v) is 15.4. The molecule has 1 aliphatic rings. The van der Waals surface area contributed by atoms with Crippen molar-refractivity contribution >= 4 is 22.2 Å². The van der Waals surface area contributed by atoms with Gasteiger partial charge in [-0.25, -0.2) is 9.67 Å². The summed E-state index contributed by atoms with van der Waals surface area (Å²) in [6.07, 6.45) is 6.01. The van der Waals surface area contributed by atoms with E-state index in [2.05, 4.69) is 14.8 Å². The van der Waals surface area contributed by atoms with E-state index in [1.165, 1.54) is 0 Å². The summed E-state index contributed by atoms with van der Waals surface area (Å²) in [5, 5.41) is 9.37. The lowest BCUT2D eigenvalue weighted by atomic mass is 9.90. The molecule has 4 aromatic rings. The number of fused-ring (bicyclic) bond motifs is 3. The molecular weight excluding hydrogens is 362 g/mol. The van der Waals surface area contributed by atoms with Gasteiger partial charge in [0.2, 0.25) is 5.91 Å². The van der Waals surface area contributed by atoms with Crippen LogP contribution in [-0.2, 0) is 11.3 Å². The Labute approximate surface area is 159 Å². The SMILES string of the molecule is COc1ccc(-n2cccn2)c([C@H]2CC(=O)NCc3nc4sccn4c32)c1. The minimum Gasteiger partial charge on any atom is -0.497 e. The van der Waals surface area contributed by atoms with Crippen LogP contribution in [0, 0.1) is 0 Å². The number of hydrogen-bond acceptors (Lipinski definition) is 5. The number of rotatable bonds is 3. The number of thiazole rings is 1.